The van der Waals surface area contributed by atoms with Crippen molar-refractivity contribution in [3.05, 3.63) is 59.9 Å². The van der Waals surface area contributed by atoms with E-state index in [1.165, 1.54) is 6.07 Å². The Bertz CT molecular complexity index is 688. The maximum atomic E-state index is 13.3. The molecule has 0 aliphatic heterocycles. The van der Waals surface area contributed by atoms with Crippen molar-refractivity contribution in [1.29, 1.82) is 5.26 Å². The third-order valence-corrected chi connectivity index (χ3v) is 3.19. The fourth-order valence-corrected chi connectivity index (χ4v) is 1.99. The second-order valence-electron chi connectivity index (χ2n) is 5.06. The monoisotopic (exact) mass is 330 g/mol. The molecule has 126 valence electrons. The molecule has 0 unspecified atom stereocenters. The predicted molar refractivity (Wildman–Crippen MR) is 87.4 cm³/mol. The number of para-hydroxylation sites is 2. The maximum Gasteiger partial charge on any atom is 0.165 e. The molecule has 0 radical (unpaired) electrons. The Morgan fingerprint density at radius 2 is 1.79 bits per heavy atom. The van der Waals surface area contributed by atoms with Gasteiger partial charge in [0.15, 0.2) is 11.6 Å². The van der Waals surface area contributed by atoms with E-state index in [-0.39, 0.29) is 19.0 Å². The van der Waals surface area contributed by atoms with Crippen molar-refractivity contribution in [1.82, 2.24) is 5.32 Å². The van der Waals surface area contributed by atoms with Crippen LogP contribution in [0.2, 0.25) is 0 Å². The first kappa shape index (κ1) is 17.7. The van der Waals surface area contributed by atoms with E-state index < -0.39 is 11.9 Å². The normalized spacial score (nSPS) is 11.5. The minimum atomic E-state index is -0.731. The molecule has 2 aromatic rings. The van der Waals surface area contributed by atoms with E-state index in [0.717, 1.165) is 0 Å². The zero-order valence-corrected chi connectivity index (χ0v) is 13.1. The highest BCUT2D eigenvalue weighted by molar-refractivity contribution is 5.42. The molecule has 0 saturated carbocycles. The summed E-state index contributed by atoms with van der Waals surface area (Å²) in [6, 6.07) is 15.1. The van der Waals surface area contributed by atoms with E-state index in [2.05, 4.69) is 5.32 Å². The van der Waals surface area contributed by atoms with Gasteiger partial charge in [-0.25, -0.2) is 4.39 Å². The van der Waals surface area contributed by atoms with E-state index in [1.807, 2.05) is 6.07 Å². The van der Waals surface area contributed by atoms with Crippen LogP contribution in [0.4, 0.5) is 4.39 Å². The standard InChI is InChI=1S/C18H19FN2O3/c19-16-6-2-4-8-18(16)23-10-9-21-12-15(22)13-24-17-7-3-1-5-14(17)11-20/h1-8,15,21-22H,9-10,12-13H2/t15-/m0/s1. The number of aliphatic hydroxyl groups excluding tert-OH is 1. The van der Waals surface area contributed by atoms with Crippen LogP contribution in [0.1, 0.15) is 5.56 Å². The Morgan fingerprint density at radius 3 is 2.54 bits per heavy atom. The molecule has 0 aliphatic rings. The molecule has 0 amide bonds. The Morgan fingerprint density at radius 1 is 1.08 bits per heavy atom. The van der Waals surface area contributed by atoms with Gasteiger partial charge in [-0.3, -0.25) is 0 Å². The van der Waals surface area contributed by atoms with Gasteiger partial charge in [0.25, 0.3) is 0 Å². The molecular formula is C18H19FN2O3. The summed E-state index contributed by atoms with van der Waals surface area (Å²) >= 11 is 0. The number of hydrogen-bond acceptors (Lipinski definition) is 5. The van der Waals surface area contributed by atoms with Gasteiger partial charge in [-0.2, -0.15) is 5.26 Å². The Hall–Kier alpha value is -2.62. The maximum absolute atomic E-state index is 13.3. The highest BCUT2D eigenvalue weighted by Gasteiger charge is 2.07. The van der Waals surface area contributed by atoms with Crippen molar-refractivity contribution in [2.75, 3.05) is 26.3 Å². The number of nitriles is 1. The largest absolute Gasteiger partial charge is 0.489 e. The summed E-state index contributed by atoms with van der Waals surface area (Å²) < 4.78 is 24.1. The van der Waals surface area contributed by atoms with E-state index >= 15 is 0 Å². The van der Waals surface area contributed by atoms with Gasteiger partial charge in [0.05, 0.1) is 5.56 Å². The number of hydrogen-bond donors (Lipinski definition) is 2. The quantitative estimate of drug-likeness (QED) is 0.689. The Balaban J connectivity index is 1.62. The SMILES string of the molecule is N#Cc1ccccc1OC[C@@H](O)CNCCOc1ccccc1F. The van der Waals surface area contributed by atoms with Crippen LogP contribution in [0.3, 0.4) is 0 Å². The van der Waals surface area contributed by atoms with Crippen LogP contribution in [0.5, 0.6) is 11.5 Å². The fourth-order valence-electron chi connectivity index (χ4n) is 1.99. The van der Waals surface area contributed by atoms with Crippen molar-refractivity contribution in [3.63, 3.8) is 0 Å². The van der Waals surface area contributed by atoms with Gasteiger partial charge in [-0.05, 0) is 24.3 Å². The van der Waals surface area contributed by atoms with Crippen LogP contribution >= 0.6 is 0 Å². The lowest BCUT2D eigenvalue weighted by Gasteiger charge is -2.14. The number of aliphatic hydroxyl groups is 1. The number of ether oxygens (including phenoxy) is 2. The van der Waals surface area contributed by atoms with Crippen molar-refractivity contribution in [3.8, 4) is 17.6 Å². The van der Waals surface area contributed by atoms with Crippen LogP contribution in [0.25, 0.3) is 0 Å². The zero-order valence-electron chi connectivity index (χ0n) is 13.1. The summed E-state index contributed by atoms with van der Waals surface area (Å²) in [5, 5.41) is 21.8. The van der Waals surface area contributed by atoms with Gasteiger partial charge in [0, 0.05) is 13.1 Å². The summed E-state index contributed by atoms with van der Waals surface area (Å²) in [5.74, 6) is 0.250. The van der Waals surface area contributed by atoms with Crippen molar-refractivity contribution in [2.45, 2.75) is 6.10 Å². The van der Waals surface area contributed by atoms with Crippen LogP contribution in [0.15, 0.2) is 48.5 Å². The first-order valence-corrected chi connectivity index (χ1v) is 7.58. The van der Waals surface area contributed by atoms with E-state index in [4.69, 9.17) is 14.7 Å². The zero-order chi connectivity index (χ0) is 17.2. The van der Waals surface area contributed by atoms with E-state index in [9.17, 15) is 9.50 Å². The Kier molecular flexibility index (Phi) is 7.02. The van der Waals surface area contributed by atoms with Crippen molar-refractivity contribution >= 4 is 0 Å². The number of benzene rings is 2. The third kappa shape index (κ3) is 5.54. The summed E-state index contributed by atoms with van der Waals surface area (Å²) in [7, 11) is 0. The van der Waals surface area contributed by atoms with Crippen LogP contribution in [0, 0.1) is 17.1 Å². The lowest BCUT2D eigenvalue weighted by molar-refractivity contribution is 0.105. The average Bonchev–Trinajstić information content (AvgIpc) is 2.61. The Labute approximate surface area is 140 Å². The van der Waals surface area contributed by atoms with Gasteiger partial charge < -0.3 is 19.9 Å². The second-order valence-corrected chi connectivity index (χ2v) is 5.06. The summed E-state index contributed by atoms with van der Waals surface area (Å²) in [4.78, 5) is 0. The summed E-state index contributed by atoms with van der Waals surface area (Å²) in [6.07, 6.45) is -0.731. The number of rotatable bonds is 9. The molecule has 0 bridgehead atoms. The minimum Gasteiger partial charge on any atom is -0.489 e. The first-order valence-electron chi connectivity index (χ1n) is 7.58. The minimum absolute atomic E-state index is 0.0693. The molecule has 24 heavy (non-hydrogen) atoms. The molecule has 0 spiro atoms. The molecular weight excluding hydrogens is 311 g/mol. The number of halogens is 1. The van der Waals surface area contributed by atoms with Gasteiger partial charge in [-0.15, -0.1) is 0 Å². The average molecular weight is 330 g/mol. The van der Waals surface area contributed by atoms with E-state index in [1.54, 1.807) is 42.5 Å². The predicted octanol–water partition coefficient (Wildman–Crippen LogP) is 2.11. The first-order chi connectivity index (χ1) is 11.7. The van der Waals surface area contributed by atoms with Gasteiger partial charge >= 0.3 is 0 Å². The van der Waals surface area contributed by atoms with Crippen molar-refractivity contribution < 1.29 is 19.0 Å². The topological polar surface area (TPSA) is 74.5 Å². The lowest BCUT2D eigenvalue weighted by atomic mass is 10.2. The van der Waals surface area contributed by atoms with Crippen LogP contribution in [-0.4, -0.2) is 37.5 Å². The number of nitrogens with one attached hydrogen (secondary N) is 1. The molecule has 6 heteroatoms. The van der Waals surface area contributed by atoms with Gasteiger partial charge in [0.2, 0.25) is 0 Å². The highest BCUT2D eigenvalue weighted by Crippen LogP contribution is 2.16. The van der Waals surface area contributed by atoms with Gasteiger partial charge in [-0.1, -0.05) is 24.3 Å². The smallest absolute Gasteiger partial charge is 0.165 e. The van der Waals surface area contributed by atoms with E-state index in [0.29, 0.717) is 24.4 Å². The molecule has 2 N–H and O–H groups in total. The molecule has 2 aromatic carbocycles. The third-order valence-electron chi connectivity index (χ3n) is 3.19. The molecule has 1 atom stereocenters. The van der Waals surface area contributed by atoms with Crippen LogP contribution in [-0.2, 0) is 0 Å². The highest BCUT2D eigenvalue weighted by atomic mass is 19.1. The second kappa shape index (κ2) is 9.50. The molecule has 0 aliphatic carbocycles. The van der Waals surface area contributed by atoms with Crippen LogP contribution < -0.4 is 14.8 Å². The molecule has 5 nitrogen and oxygen atoms in total. The molecule has 2 rings (SSSR count). The fraction of sp³-hybridized carbons (Fsp3) is 0.278. The van der Waals surface area contributed by atoms with Crippen molar-refractivity contribution in [2.24, 2.45) is 0 Å². The summed E-state index contributed by atoms with van der Waals surface area (Å²) in [5.41, 5.74) is 0.427. The molecule has 0 aromatic heterocycles. The number of nitrogens with zero attached hydrogens (tertiary/aromatic N) is 1. The molecule has 0 saturated heterocycles. The lowest BCUT2D eigenvalue weighted by Crippen LogP contribution is -2.33. The molecule has 0 fully saturated rings. The summed E-state index contributed by atoms with van der Waals surface area (Å²) in [6.45, 7) is 1.11. The molecule has 0 heterocycles. The van der Waals surface area contributed by atoms with Gasteiger partial charge in [0.1, 0.15) is 31.1 Å².